The van der Waals surface area contributed by atoms with Crippen LogP contribution in [0, 0.1) is 0 Å². The number of nitrogens with zero attached hydrogens (tertiary/aromatic N) is 1. The van der Waals surface area contributed by atoms with Gasteiger partial charge < -0.3 is 10.2 Å². The lowest BCUT2D eigenvalue weighted by Crippen LogP contribution is -2.47. The zero-order chi connectivity index (χ0) is 13.5. The Morgan fingerprint density at radius 1 is 1.33 bits per heavy atom. The topological polar surface area (TPSA) is 49.4 Å². The monoisotopic (exact) mass is 254 g/mol. The SMILES string of the molecule is CCCCCC(C)N1CCC(=O)NC(CC)C1=O. The van der Waals surface area contributed by atoms with Crippen LogP contribution < -0.4 is 5.32 Å². The fourth-order valence-corrected chi connectivity index (χ4v) is 2.42. The highest BCUT2D eigenvalue weighted by Gasteiger charge is 2.30. The van der Waals surface area contributed by atoms with Crippen molar-refractivity contribution in [2.75, 3.05) is 6.54 Å². The van der Waals surface area contributed by atoms with Gasteiger partial charge in [-0.3, -0.25) is 9.59 Å². The van der Waals surface area contributed by atoms with Gasteiger partial charge in [-0.1, -0.05) is 33.1 Å². The van der Waals surface area contributed by atoms with E-state index in [4.69, 9.17) is 0 Å². The molecule has 1 heterocycles. The first kappa shape index (κ1) is 15.0. The van der Waals surface area contributed by atoms with Crippen molar-refractivity contribution in [2.45, 2.75) is 71.4 Å². The summed E-state index contributed by atoms with van der Waals surface area (Å²) < 4.78 is 0. The van der Waals surface area contributed by atoms with Crippen molar-refractivity contribution in [3.63, 3.8) is 0 Å². The van der Waals surface area contributed by atoms with E-state index in [0.717, 1.165) is 12.8 Å². The molecule has 1 fully saturated rings. The van der Waals surface area contributed by atoms with E-state index in [2.05, 4.69) is 19.2 Å². The molecule has 1 rings (SSSR count). The first-order valence-electron chi connectivity index (χ1n) is 7.20. The number of amides is 2. The Bertz CT molecular complexity index is 292. The van der Waals surface area contributed by atoms with E-state index in [0.29, 0.717) is 19.4 Å². The molecule has 104 valence electrons. The Balaban J connectivity index is 2.61. The average molecular weight is 254 g/mol. The standard InChI is InChI=1S/C14H26N2O2/c1-4-6-7-8-11(3)16-10-9-13(17)15-12(5-2)14(16)18/h11-12H,4-10H2,1-3H3,(H,15,17). The lowest BCUT2D eigenvalue weighted by molar-refractivity contribution is -0.135. The first-order valence-corrected chi connectivity index (χ1v) is 7.20. The molecular weight excluding hydrogens is 228 g/mol. The van der Waals surface area contributed by atoms with Crippen molar-refractivity contribution < 1.29 is 9.59 Å². The quantitative estimate of drug-likeness (QED) is 0.738. The van der Waals surface area contributed by atoms with Gasteiger partial charge >= 0.3 is 0 Å². The van der Waals surface area contributed by atoms with Crippen molar-refractivity contribution in [3.8, 4) is 0 Å². The molecule has 4 heteroatoms. The molecule has 1 saturated heterocycles. The summed E-state index contributed by atoms with van der Waals surface area (Å²) >= 11 is 0. The largest absolute Gasteiger partial charge is 0.344 e. The summed E-state index contributed by atoms with van der Waals surface area (Å²) in [6.07, 6.45) is 5.69. The lowest BCUT2D eigenvalue weighted by atomic mass is 10.1. The van der Waals surface area contributed by atoms with Crippen LogP contribution in [0.1, 0.15) is 59.3 Å². The van der Waals surface area contributed by atoms with Crippen LogP contribution in [0.25, 0.3) is 0 Å². The van der Waals surface area contributed by atoms with Gasteiger partial charge in [0, 0.05) is 19.0 Å². The molecule has 0 aliphatic carbocycles. The molecule has 0 radical (unpaired) electrons. The maximum atomic E-state index is 12.3. The van der Waals surface area contributed by atoms with Crippen LogP contribution in [0.15, 0.2) is 0 Å². The zero-order valence-electron chi connectivity index (χ0n) is 11.9. The van der Waals surface area contributed by atoms with Gasteiger partial charge in [0.25, 0.3) is 0 Å². The summed E-state index contributed by atoms with van der Waals surface area (Å²) in [7, 11) is 0. The van der Waals surface area contributed by atoms with Gasteiger partial charge in [0.2, 0.25) is 11.8 Å². The van der Waals surface area contributed by atoms with Crippen LogP contribution in [0.5, 0.6) is 0 Å². The summed E-state index contributed by atoms with van der Waals surface area (Å²) in [5.41, 5.74) is 0. The van der Waals surface area contributed by atoms with Crippen LogP contribution >= 0.6 is 0 Å². The third-order valence-electron chi connectivity index (χ3n) is 3.66. The average Bonchev–Trinajstić information content (AvgIpc) is 2.49. The van der Waals surface area contributed by atoms with E-state index in [1.807, 2.05) is 11.8 Å². The molecule has 2 amide bonds. The summed E-state index contributed by atoms with van der Waals surface area (Å²) in [6, 6.07) is -0.0839. The number of unbranched alkanes of at least 4 members (excludes halogenated alkanes) is 2. The van der Waals surface area contributed by atoms with Crippen LogP contribution in [-0.4, -0.2) is 35.3 Å². The van der Waals surface area contributed by atoms with E-state index < -0.39 is 0 Å². The third-order valence-corrected chi connectivity index (χ3v) is 3.66. The molecule has 0 aromatic heterocycles. The second-order valence-electron chi connectivity index (χ2n) is 5.15. The highest BCUT2D eigenvalue weighted by Crippen LogP contribution is 2.15. The minimum atomic E-state index is -0.325. The highest BCUT2D eigenvalue weighted by molar-refractivity contribution is 5.90. The third kappa shape index (κ3) is 4.00. The Kier molecular flexibility index (Phi) is 6.16. The molecule has 1 aliphatic heterocycles. The molecule has 1 aliphatic rings. The van der Waals surface area contributed by atoms with Crippen molar-refractivity contribution in [1.82, 2.24) is 10.2 Å². The molecule has 4 nitrogen and oxygen atoms in total. The van der Waals surface area contributed by atoms with Crippen molar-refractivity contribution >= 4 is 11.8 Å². The highest BCUT2D eigenvalue weighted by atomic mass is 16.2. The summed E-state index contributed by atoms with van der Waals surface area (Å²) in [5.74, 6) is 0.0887. The molecule has 0 spiro atoms. The van der Waals surface area contributed by atoms with Crippen LogP contribution in [0.3, 0.4) is 0 Å². The Morgan fingerprint density at radius 2 is 2.06 bits per heavy atom. The maximum absolute atomic E-state index is 12.3. The van der Waals surface area contributed by atoms with Gasteiger partial charge in [-0.2, -0.15) is 0 Å². The van der Waals surface area contributed by atoms with Crippen molar-refractivity contribution in [3.05, 3.63) is 0 Å². The molecule has 0 aromatic carbocycles. The molecule has 0 bridgehead atoms. The molecule has 2 unspecified atom stereocenters. The first-order chi connectivity index (χ1) is 8.60. The van der Waals surface area contributed by atoms with Gasteiger partial charge in [0.15, 0.2) is 0 Å². The van der Waals surface area contributed by atoms with Crippen LogP contribution in [-0.2, 0) is 9.59 Å². The number of carbonyl (C=O) groups excluding carboxylic acids is 2. The number of nitrogens with one attached hydrogen (secondary N) is 1. The fourth-order valence-electron chi connectivity index (χ4n) is 2.42. The van der Waals surface area contributed by atoms with Crippen LogP contribution in [0.4, 0.5) is 0 Å². The van der Waals surface area contributed by atoms with E-state index in [1.165, 1.54) is 12.8 Å². The summed E-state index contributed by atoms with van der Waals surface area (Å²) in [6.45, 7) is 6.77. The van der Waals surface area contributed by atoms with E-state index in [1.54, 1.807) is 0 Å². The smallest absolute Gasteiger partial charge is 0.245 e. The minimum Gasteiger partial charge on any atom is -0.344 e. The summed E-state index contributed by atoms with van der Waals surface area (Å²) in [4.78, 5) is 25.7. The Hall–Kier alpha value is -1.06. The van der Waals surface area contributed by atoms with Gasteiger partial charge in [-0.25, -0.2) is 0 Å². The van der Waals surface area contributed by atoms with E-state index in [9.17, 15) is 9.59 Å². The van der Waals surface area contributed by atoms with Gasteiger partial charge in [0.1, 0.15) is 6.04 Å². The Morgan fingerprint density at radius 3 is 2.67 bits per heavy atom. The maximum Gasteiger partial charge on any atom is 0.245 e. The molecule has 0 aromatic rings. The predicted octanol–water partition coefficient (Wildman–Crippen LogP) is 2.08. The Labute approximate surface area is 110 Å². The van der Waals surface area contributed by atoms with Crippen LogP contribution in [0.2, 0.25) is 0 Å². The lowest BCUT2D eigenvalue weighted by Gasteiger charge is -2.29. The van der Waals surface area contributed by atoms with Crippen molar-refractivity contribution in [2.24, 2.45) is 0 Å². The van der Waals surface area contributed by atoms with E-state index in [-0.39, 0.29) is 23.9 Å². The molecule has 2 atom stereocenters. The second kappa shape index (κ2) is 7.39. The molecule has 18 heavy (non-hydrogen) atoms. The second-order valence-corrected chi connectivity index (χ2v) is 5.15. The predicted molar refractivity (Wildman–Crippen MR) is 72.2 cm³/mol. The van der Waals surface area contributed by atoms with Gasteiger partial charge in [-0.15, -0.1) is 0 Å². The minimum absolute atomic E-state index is 0.00143. The van der Waals surface area contributed by atoms with Crippen molar-refractivity contribution in [1.29, 1.82) is 0 Å². The summed E-state index contributed by atoms with van der Waals surface area (Å²) in [5, 5.41) is 2.80. The number of rotatable bonds is 6. The number of carbonyl (C=O) groups is 2. The molecule has 0 saturated carbocycles. The van der Waals surface area contributed by atoms with Gasteiger partial charge in [0.05, 0.1) is 0 Å². The zero-order valence-corrected chi connectivity index (χ0v) is 11.9. The molecule has 1 N–H and O–H groups in total. The van der Waals surface area contributed by atoms with E-state index >= 15 is 0 Å². The fraction of sp³-hybridized carbons (Fsp3) is 0.857. The molecular formula is C14H26N2O2. The van der Waals surface area contributed by atoms with Gasteiger partial charge in [-0.05, 0) is 19.8 Å². The number of hydrogen-bond acceptors (Lipinski definition) is 2. The number of hydrogen-bond donors (Lipinski definition) is 1. The normalized spacial score (nSPS) is 22.6.